The van der Waals surface area contributed by atoms with Gasteiger partial charge in [0.25, 0.3) is 0 Å². The molecule has 1 atom stereocenters. The van der Waals surface area contributed by atoms with Gasteiger partial charge in [-0.15, -0.1) is 0 Å². The molecule has 0 heterocycles. The number of aryl methyl sites for hydroxylation is 1. The van der Waals surface area contributed by atoms with Gasteiger partial charge in [0.2, 0.25) is 0 Å². The van der Waals surface area contributed by atoms with Crippen molar-refractivity contribution in [3.05, 3.63) is 29.6 Å². The molecule has 3 N–H and O–H groups in total. The number of benzene rings is 1. The van der Waals surface area contributed by atoms with Crippen LogP contribution in [0.25, 0.3) is 0 Å². The molecule has 0 saturated carbocycles. The number of rotatable bonds is 3. The molecule has 0 aliphatic carbocycles. The minimum absolute atomic E-state index is 0.0495. The Morgan fingerprint density at radius 2 is 1.90 bits per heavy atom. The molecule has 1 aromatic rings. The SMILES string of the molecule is Cc1ccc(NC(=O)C(=O)NC[C@H](O)C(C)(C)C)c(F)c1. The lowest BCUT2D eigenvalue weighted by molar-refractivity contribution is -0.136. The van der Waals surface area contributed by atoms with Crippen LogP contribution >= 0.6 is 0 Å². The first-order valence-electron chi connectivity index (χ1n) is 6.64. The standard InChI is InChI=1S/C15H21FN2O3/c1-9-5-6-11(10(16)7-9)18-14(21)13(20)17-8-12(19)15(2,3)4/h5-7,12,19H,8H2,1-4H3,(H,17,20)(H,18,21)/t12-/m0/s1. The first-order chi connectivity index (χ1) is 9.61. The van der Waals surface area contributed by atoms with E-state index in [4.69, 9.17) is 0 Å². The zero-order chi connectivity index (χ0) is 16.2. The molecule has 0 unspecified atom stereocenters. The van der Waals surface area contributed by atoms with E-state index in [1.807, 2.05) is 20.8 Å². The molecule has 2 amide bonds. The van der Waals surface area contributed by atoms with Crippen LogP contribution in [0.15, 0.2) is 18.2 Å². The lowest BCUT2D eigenvalue weighted by atomic mass is 9.89. The molecule has 21 heavy (non-hydrogen) atoms. The van der Waals surface area contributed by atoms with Crippen LogP contribution in [-0.4, -0.2) is 29.6 Å². The number of hydrogen-bond donors (Lipinski definition) is 3. The minimum atomic E-state index is -0.973. The van der Waals surface area contributed by atoms with Crippen molar-refractivity contribution >= 4 is 17.5 Å². The maximum atomic E-state index is 13.6. The summed E-state index contributed by atoms with van der Waals surface area (Å²) in [4.78, 5) is 23.2. The molecule has 0 aliphatic rings. The molecule has 0 bridgehead atoms. The normalized spacial score (nSPS) is 12.7. The zero-order valence-electron chi connectivity index (χ0n) is 12.7. The summed E-state index contributed by atoms with van der Waals surface area (Å²) in [7, 11) is 0. The van der Waals surface area contributed by atoms with E-state index >= 15 is 0 Å². The predicted molar refractivity (Wildman–Crippen MR) is 78.2 cm³/mol. The Balaban J connectivity index is 2.57. The van der Waals surface area contributed by atoms with Gasteiger partial charge in [0.1, 0.15) is 5.82 Å². The van der Waals surface area contributed by atoms with Crippen LogP contribution in [0.1, 0.15) is 26.3 Å². The highest BCUT2D eigenvalue weighted by atomic mass is 19.1. The van der Waals surface area contributed by atoms with Gasteiger partial charge < -0.3 is 15.7 Å². The Kier molecular flexibility index (Phi) is 5.43. The fraction of sp³-hybridized carbons (Fsp3) is 0.467. The Morgan fingerprint density at radius 3 is 2.43 bits per heavy atom. The summed E-state index contributed by atoms with van der Waals surface area (Å²) in [6.07, 6.45) is -0.787. The van der Waals surface area contributed by atoms with E-state index in [0.717, 1.165) is 0 Å². The summed E-state index contributed by atoms with van der Waals surface area (Å²) in [5.41, 5.74) is 0.243. The molecule has 0 radical (unpaired) electrons. The number of hydrogen-bond acceptors (Lipinski definition) is 3. The molecule has 0 saturated heterocycles. The second-order valence-corrected chi connectivity index (χ2v) is 6.03. The average Bonchev–Trinajstić information content (AvgIpc) is 2.37. The number of amides is 2. The van der Waals surface area contributed by atoms with Crippen LogP contribution in [0.4, 0.5) is 10.1 Å². The van der Waals surface area contributed by atoms with Gasteiger partial charge >= 0.3 is 11.8 Å². The first kappa shape index (κ1) is 17.1. The van der Waals surface area contributed by atoms with Crippen molar-refractivity contribution in [2.75, 3.05) is 11.9 Å². The van der Waals surface area contributed by atoms with Crippen LogP contribution in [0.3, 0.4) is 0 Å². The summed E-state index contributed by atoms with van der Waals surface area (Å²) >= 11 is 0. The fourth-order valence-electron chi connectivity index (χ4n) is 1.48. The van der Waals surface area contributed by atoms with E-state index < -0.39 is 29.2 Å². The van der Waals surface area contributed by atoms with Gasteiger partial charge in [0.05, 0.1) is 11.8 Å². The maximum absolute atomic E-state index is 13.6. The molecule has 116 valence electrons. The zero-order valence-corrected chi connectivity index (χ0v) is 12.7. The maximum Gasteiger partial charge on any atom is 0.313 e. The van der Waals surface area contributed by atoms with E-state index in [0.29, 0.717) is 5.56 Å². The van der Waals surface area contributed by atoms with Crippen molar-refractivity contribution in [2.45, 2.75) is 33.8 Å². The van der Waals surface area contributed by atoms with Gasteiger partial charge in [-0.25, -0.2) is 4.39 Å². The quantitative estimate of drug-likeness (QED) is 0.741. The molecule has 1 rings (SSSR count). The van der Waals surface area contributed by atoms with E-state index in [1.54, 1.807) is 13.0 Å². The Hall–Kier alpha value is -1.95. The van der Waals surface area contributed by atoms with E-state index in [9.17, 15) is 19.1 Å². The number of nitrogens with one attached hydrogen (secondary N) is 2. The highest BCUT2D eigenvalue weighted by molar-refractivity contribution is 6.39. The summed E-state index contributed by atoms with van der Waals surface area (Å²) in [5.74, 6) is -2.50. The smallest absolute Gasteiger partial charge is 0.313 e. The third-order valence-electron chi connectivity index (χ3n) is 3.03. The van der Waals surface area contributed by atoms with Crippen LogP contribution < -0.4 is 10.6 Å². The van der Waals surface area contributed by atoms with Gasteiger partial charge in [-0.2, -0.15) is 0 Å². The van der Waals surface area contributed by atoms with Gasteiger partial charge in [-0.1, -0.05) is 26.8 Å². The largest absolute Gasteiger partial charge is 0.391 e. The van der Waals surface area contributed by atoms with Crippen LogP contribution in [0.5, 0.6) is 0 Å². The monoisotopic (exact) mass is 296 g/mol. The van der Waals surface area contributed by atoms with E-state index in [2.05, 4.69) is 10.6 Å². The fourth-order valence-corrected chi connectivity index (χ4v) is 1.48. The molecule has 6 heteroatoms. The molecular weight excluding hydrogens is 275 g/mol. The summed E-state index contributed by atoms with van der Waals surface area (Å²) < 4.78 is 13.6. The van der Waals surface area contributed by atoms with Crippen molar-refractivity contribution in [1.29, 1.82) is 0 Å². The highest BCUT2D eigenvalue weighted by Crippen LogP contribution is 2.18. The third kappa shape index (κ3) is 5.15. The molecule has 5 nitrogen and oxygen atoms in total. The molecule has 0 aliphatic heterocycles. The number of aliphatic hydroxyl groups excluding tert-OH is 1. The molecule has 0 spiro atoms. The molecular formula is C15H21FN2O3. The first-order valence-corrected chi connectivity index (χ1v) is 6.64. The van der Waals surface area contributed by atoms with E-state index in [1.165, 1.54) is 12.1 Å². The number of carbonyl (C=O) groups is 2. The van der Waals surface area contributed by atoms with Crippen LogP contribution in [-0.2, 0) is 9.59 Å². The third-order valence-corrected chi connectivity index (χ3v) is 3.03. The lowest BCUT2D eigenvalue weighted by Crippen LogP contribution is -2.43. The lowest BCUT2D eigenvalue weighted by Gasteiger charge is -2.25. The second-order valence-electron chi connectivity index (χ2n) is 6.03. The topological polar surface area (TPSA) is 78.4 Å². The van der Waals surface area contributed by atoms with Crippen molar-refractivity contribution in [1.82, 2.24) is 5.32 Å². The Labute approximate surface area is 123 Å². The Morgan fingerprint density at radius 1 is 1.29 bits per heavy atom. The molecule has 0 fully saturated rings. The Bertz CT molecular complexity index is 538. The van der Waals surface area contributed by atoms with Gasteiger partial charge in [-0.05, 0) is 30.0 Å². The van der Waals surface area contributed by atoms with Crippen molar-refractivity contribution < 1.29 is 19.1 Å². The van der Waals surface area contributed by atoms with Crippen molar-refractivity contribution in [3.63, 3.8) is 0 Å². The number of halogens is 1. The van der Waals surface area contributed by atoms with Crippen LogP contribution in [0, 0.1) is 18.2 Å². The van der Waals surface area contributed by atoms with Gasteiger partial charge in [0, 0.05) is 6.54 Å². The summed E-state index contributed by atoms with van der Waals surface area (Å²) in [5, 5.41) is 14.3. The van der Waals surface area contributed by atoms with Crippen LogP contribution in [0.2, 0.25) is 0 Å². The van der Waals surface area contributed by atoms with E-state index in [-0.39, 0.29) is 12.2 Å². The minimum Gasteiger partial charge on any atom is -0.391 e. The number of carbonyl (C=O) groups excluding carboxylic acids is 2. The van der Waals surface area contributed by atoms with Gasteiger partial charge in [0.15, 0.2) is 0 Å². The van der Waals surface area contributed by atoms with Crippen molar-refractivity contribution in [3.8, 4) is 0 Å². The second kappa shape index (κ2) is 6.67. The number of anilines is 1. The predicted octanol–water partition coefficient (Wildman–Crippen LogP) is 1.60. The highest BCUT2D eigenvalue weighted by Gasteiger charge is 2.24. The van der Waals surface area contributed by atoms with Gasteiger partial charge in [-0.3, -0.25) is 9.59 Å². The van der Waals surface area contributed by atoms with Crippen molar-refractivity contribution in [2.24, 2.45) is 5.41 Å². The number of aliphatic hydroxyl groups is 1. The molecule has 1 aromatic carbocycles. The summed E-state index contributed by atoms with van der Waals surface area (Å²) in [6, 6.07) is 4.27. The average molecular weight is 296 g/mol. The summed E-state index contributed by atoms with van der Waals surface area (Å²) in [6.45, 7) is 7.10. The molecule has 0 aromatic heterocycles.